The third kappa shape index (κ3) is 8.74. The van der Waals surface area contributed by atoms with Gasteiger partial charge in [0.25, 0.3) is 0 Å². The van der Waals surface area contributed by atoms with Crippen LogP contribution in [0.25, 0.3) is 6.08 Å². The van der Waals surface area contributed by atoms with E-state index in [1.54, 1.807) is 6.07 Å². The number of fused-ring (bicyclic) bond motifs is 4. The van der Waals surface area contributed by atoms with Crippen molar-refractivity contribution in [2.24, 2.45) is 64.9 Å². The summed E-state index contributed by atoms with van der Waals surface area (Å²) in [6.45, 7) is 0.532. The van der Waals surface area contributed by atoms with Gasteiger partial charge in [0.2, 0.25) is 0 Å². The molecule has 58 heavy (non-hydrogen) atoms. The number of carbonyl (C=O) groups is 1. The Balaban J connectivity index is 1.14. The fraction of sp³-hybridized carbons (Fsp3) is 0.500. The van der Waals surface area contributed by atoms with E-state index in [-0.39, 0.29) is 40.9 Å². The smallest absolute Gasteiger partial charge is 0.310 e. The van der Waals surface area contributed by atoms with Gasteiger partial charge in [0.1, 0.15) is 5.75 Å². The standard InChI is InChI=1S/C54H67NO3/c55-37-45-27-30-47(53(57)58)52-50(54-33-13-22-43(35-41-20-12-23-46(56)36-41)49(54)31-28-42-21-10-11-24-48(42)54)32-29-44(51(45)52)34-40(26-25-39-17-7-2-8-18-39)19-9-3-6-16-38-14-4-1-5-15-38/h2-3,7-12,17-18,20-21,23-24,27-32,36,38,40,43-45,47,49-52,56H,1,4-6,13-16,19,22,25-26,33-35,37,55H2,(H,57,58). The molecule has 2 fully saturated rings. The zero-order chi connectivity index (χ0) is 39.9. The summed E-state index contributed by atoms with van der Waals surface area (Å²) in [5, 5.41) is 21.5. The van der Waals surface area contributed by atoms with Crippen LogP contribution in [-0.4, -0.2) is 22.7 Å². The van der Waals surface area contributed by atoms with E-state index in [0.29, 0.717) is 24.1 Å². The normalized spacial score (nSPS) is 31.1. The van der Waals surface area contributed by atoms with E-state index in [1.807, 2.05) is 18.2 Å². The highest BCUT2D eigenvalue weighted by molar-refractivity contribution is 5.73. The Morgan fingerprint density at radius 3 is 2.40 bits per heavy atom. The molecular formula is C54H67NO3. The van der Waals surface area contributed by atoms with Crippen LogP contribution in [0.2, 0.25) is 0 Å². The molecule has 8 rings (SSSR count). The van der Waals surface area contributed by atoms with E-state index in [0.717, 1.165) is 57.3 Å². The maximum Gasteiger partial charge on any atom is 0.310 e. The number of carboxylic acids is 1. The number of phenols is 1. The molecule has 5 aliphatic rings. The lowest BCUT2D eigenvalue weighted by molar-refractivity contribution is -0.145. The molecule has 2 saturated carbocycles. The third-order valence-corrected chi connectivity index (χ3v) is 15.6. The molecule has 0 aliphatic heterocycles. The lowest BCUT2D eigenvalue weighted by Crippen LogP contribution is -2.57. The van der Waals surface area contributed by atoms with Crippen LogP contribution >= 0.6 is 0 Å². The summed E-state index contributed by atoms with van der Waals surface area (Å²) >= 11 is 0. The van der Waals surface area contributed by atoms with Crippen molar-refractivity contribution in [3.05, 3.63) is 144 Å². The summed E-state index contributed by atoms with van der Waals surface area (Å²) in [6.07, 6.45) is 37.0. The van der Waals surface area contributed by atoms with Gasteiger partial charge in [-0.1, -0.05) is 154 Å². The van der Waals surface area contributed by atoms with Crippen molar-refractivity contribution in [1.29, 1.82) is 0 Å². The summed E-state index contributed by atoms with van der Waals surface area (Å²) in [4.78, 5) is 13.5. The van der Waals surface area contributed by atoms with Gasteiger partial charge in [-0.25, -0.2) is 0 Å². The van der Waals surface area contributed by atoms with Gasteiger partial charge >= 0.3 is 5.97 Å². The van der Waals surface area contributed by atoms with Gasteiger partial charge in [0.15, 0.2) is 0 Å². The van der Waals surface area contributed by atoms with E-state index < -0.39 is 11.9 Å². The average molecular weight is 778 g/mol. The molecule has 4 N–H and O–H groups in total. The van der Waals surface area contributed by atoms with Gasteiger partial charge in [0.05, 0.1) is 5.92 Å². The number of rotatable bonds is 15. The van der Waals surface area contributed by atoms with Crippen LogP contribution in [0.5, 0.6) is 5.75 Å². The Hall–Kier alpha value is -4.15. The van der Waals surface area contributed by atoms with Gasteiger partial charge in [-0.3, -0.25) is 4.79 Å². The summed E-state index contributed by atoms with van der Waals surface area (Å²) in [5.74, 6) is 1.61. The molecule has 0 amide bonds. The molecule has 5 aliphatic carbocycles. The van der Waals surface area contributed by atoms with Gasteiger partial charge < -0.3 is 15.9 Å². The van der Waals surface area contributed by atoms with Crippen molar-refractivity contribution in [2.45, 2.75) is 102 Å². The molecule has 0 aromatic heterocycles. The van der Waals surface area contributed by atoms with E-state index in [1.165, 1.54) is 67.2 Å². The van der Waals surface area contributed by atoms with Crippen LogP contribution in [0.3, 0.4) is 0 Å². The fourth-order valence-corrected chi connectivity index (χ4v) is 12.9. The Bertz CT molecular complexity index is 1940. The number of aryl methyl sites for hydroxylation is 1. The largest absolute Gasteiger partial charge is 0.508 e. The molecule has 0 radical (unpaired) electrons. The van der Waals surface area contributed by atoms with Crippen LogP contribution in [0, 0.1) is 59.2 Å². The highest BCUT2D eigenvalue weighted by Crippen LogP contribution is 2.62. The second-order valence-electron chi connectivity index (χ2n) is 18.8. The molecule has 0 heterocycles. The van der Waals surface area contributed by atoms with Gasteiger partial charge in [-0.05, 0) is 152 Å². The van der Waals surface area contributed by atoms with E-state index in [2.05, 4.69) is 103 Å². The molecule has 0 spiro atoms. The van der Waals surface area contributed by atoms with Crippen molar-refractivity contribution in [1.82, 2.24) is 0 Å². The molecule has 4 nitrogen and oxygen atoms in total. The first kappa shape index (κ1) is 40.6. The van der Waals surface area contributed by atoms with Crippen molar-refractivity contribution in [3.8, 4) is 5.75 Å². The number of allylic oxidation sites excluding steroid dienone is 5. The zero-order valence-corrected chi connectivity index (χ0v) is 34.6. The summed E-state index contributed by atoms with van der Waals surface area (Å²) in [7, 11) is 0. The van der Waals surface area contributed by atoms with Crippen LogP contribution in [0.1, 0.15) is 106 Å². The van der Waals surface area contributed by atoms with Crippen LogP contribution < -0.4 is 5.73 Å². The second-order valence-corrected chi connectivity index (χ2v) is 18.8. The molecule has 10 atom stereocenters. The summed E-state index contributed by atoms with van der Waals surface area (Å²) in [6, 6.07) is 27.7. The molecule has 0 saturated heterocycles. The first-order valence-electron chi connectivity index (χ1n) is 23.0. The molecule has 3 aromatic carbocycles. The van der Waals surface area contributed by atoms with Gasteiger partial charge in [-0.15, -0.1) is 0 Å². The van der Waals surface area contributed by atoms with E-state index in [4.69, 9.17) is 5.73 Å². The Kier molecular flexibility index (Phi) is 13.2. The van der Waals surface area contributed by atoms with E-state index in [9.17, 15) is 15.0 Å². The number of aromatic hydroxyl groups is 1. The van der Waals surface area contributed by atoms with Gasteiger partial charge in [0, 0.05) is 5.41 Å². The van der Waals surface area contributed by atoms with Crippen molar-refractivity contribution in [3.63, 3.8) is 0 Å². The predicted octanol–water partition coefficient (Wildman–Crippen LogP) is 12.1. The minimum Gasteiger partial charge on any atom is -0.508 e. The number of hydrogen-bond acceptors (Lipinski definition) is 3. The van der Waals surface area contributed by atoms with Crippen LogP contribution in [-0.2, 0) is 23.1 Å². The Morgan fingerprint density at radius 1 is 0.793 bits per heavy atom. The Morgan fingerprint density at radius 2 is 1.59 bits per heavy atom. The molecule has 4 heteroatoms. The second kappa shape index (κ2) is 18.8. The fourth-order valence-electron chi connectivity index (χ4n) is 12.9. The molecule has 0 bridgehead atoms. The zero-order valence-electron chi connectivity index (χ0n) is 34.6. The van der Waals surface area contributed by atoms with Crippen molar-refractivity contribution >= 4 is 12.0 Å². The third-order valence-electron chi connectivity index (χ3n) is 15.6. The SMILES string of the molecule is NCC1C=CC(C(=O)O)C2C1C(CC(CC=CCCC1CCCCC1)CCc1ccccc1)C=CC2C12CCCC(Cc3cccc(O)c3)C1C=Cc1ccccc12. The maximum absolute atomic E-state index is 13.5. The minimum absolute atomic E-state index is 0.0550. The van der Waals surface area contributed by atoms with E-state index >= 15 is 0 Å². The first-order valence-corrected chi connectivity index (χ1v) is 23.0. The molecular weight excluding hydrogens is 711 g/mol. The molecule has 3 aromatic rings. The number of hydrogen-bond donors (Lipinski definition) is 3. The highest BCUT2D eigenvalue weighted by atomic mass is 16.4. The predicted molar refractivity (Wildman–Crippen MR) is 238 cm³/mol. The van der Waals surface area contributed by atoms with Crippen LogP contribution in [0.4, 0.5) is 0 Å². The minimum atomic E-state index is -0.706. The quantitative estimate of drug-likeness (QED) is 0.134. The maximum atomic E-state index is 13.5. The summed E-state index contributed by atoms with van der Waals surface area (Å²) < 4.78 is 0. The number of carboxylic acid groups (broad SMARTS) is 1. The molecule has 10 unspecified atom stereocenters. The van der Waals surface area contributed by atoms with Crippen LogP contribution in [0.15, 0.2) is 121 Å². The lowest BCUT2D eigenvalue weighted by Gasteiger charge is -2.59. The van der Waals surface area contributed by atoms with Crippen molar-refractivity contribution < 1.29 is 15.0 Å². The first-order chi connectivity index (χ1) is 28.4. The molecule has 306 valence electrons. The number of benzene rings is 3. The van der Waals surface area contributed by atoms with Gasteiger partial charge in [-0.2, -0.15) is 0 Å². The Labute approximate surface area is 348 Å². The average Bonchev–Trinajstić information content (AvgIpc) is 3.25. The number of aliphatic carboxylic acids is 1. The number of nitrogens with two attached hydrogens (primary N) is 1. The monoisotopic (exact) mass is 778 g/mol. The van der Waals surface area contributed by atoms with Crippen molar-refractivity contribution in [2.75, 3.05) is 6.54 Å². The lowest BCUT2D eigenvalue weighted by atomic mass is 9.44. The number of phenolic OH excluding ortho intramolecular Hbond substituents is 1. The topological polar surface area (TPSA) is 83.6 Å². The summed E-state index contributed by atoms with van der Waals surface area (Å²) in [5.41, 5.74) is 11.7. The highest BCUT2D eigenvalue weighted by Gasteiger charge is 2.59.